The van der Waals surface area contributed by atoms with Crippen LogP contribution in [0.15, 0.2) is 40.6 Å². The maximum atomic E-state index is 12.8. The molecule has 8 nitrogen and oxygen atoms in total. The number of nitrogens with zero attached hydrogens (tertiary/aromatic N) is 3. The van der Waals surface area contributed by atoms with Crippen LogP contribution in [0.25, 0.3) is 0 Å². The Bertz CT molecular complexity index is 1040. The molecule has 3 aromatic rings. The van der Waals surface area contributed by atoms with E-state index in [-0.39, 0.29) is 5.56 Å². The van der Waals surface area contributed by atoms with Crippen molar-refractivity contribution in [3.8, 4) is 5.75 Å². The number of nitrogens with one attached hydrogen (secondary N) is 1. The molecule has 0 saturated heterocycles. The highest BCUT2D eigenvalue weighted by molar-refractivity contribution is 7.09. The Labute approximate surface area is 178 Å². The van der Waals surface area contributed by atoms with E-state index in [1.165, 1.54) is 18.1 Å². The number of hydrogen-bond acceptors (Lipinski definition) is 7. The molecule has 0 amide bonds. The number of carbonyl (C=O) groups excluding carboxylic acids is 1. The van der Waals surface area contributed by atoms with Crippen molar-refractivity contribution >= 4 is 17.3 Å². The number of methoxy groups -OCH3 is 1. The van der Waals surface area contributed by atoms with Crippen LogP contribution in [0, 0.1) is 0 Å². The quantitative estimate of drug-likeness (QED) is 0.580. The van der Waals surface area contributed by atoms with Crippen LogP contribution in [-0.4, -0.2) is 52.4 Å². The number of H-pyrrole nitrogens is 1. The molecule has 0 radical (unpaired) electrons. The van der Waals surface area contributed by atoms with E-state index in [1.807, 2.05) is 23.6 Å². The smallest absolute Gasteiger partial charge is 0.343 e. The molecule has 0 aromatic carbocycles. The fraction of sp³-hybridized carbons (Fsp3) is 0.381. The number of carbonyl (C=O) groups is 1. The van der Waals surface area contributed by atoms with Crippen molar-refractivity contribution in [1.29, 1.82) is 0 Å². The molecule has 0 atom stereocenters. The lowest BCUT2D eigenvalue weighted by Gasteiger charge is -2.17. The Balaban J connectivity index is 1.57. The molecule has 0 spiro atoms. The molecule has 1 N–H and O–H groups in total. The lowest BCUT2D eigenvalue weighted by molar-refractivity contribution is 0.0593. The van der Waals surface area contributed by atoms with Gasteiger partial charge in [-0.3, -0.25) is 14.8 Å². The van der Waals surface area contributed by atoms with Crippen LogP contribution in [0.4, 0.5) is 0 Å². The maximum absolute atomic E-state index is 12.8. The minimum atomic E-state index is -0.480. The summed E-state index contributed by atoms with van der Waals surface area (Å²) in [5, 5.41) is 8.97. The summed E-state index contributed by atoms with van der Waals surface area (Å²) in [7, 11) is 1.35. The molecule has 9 heteroatoms. The van der Waals surface area contributed by atoms with Gasteiger partial charge in [-0.15, -0.1) is 11.3 Å². The van der Waals surface area contributed by atoms with Crippen LogP contribution < -0.4 is 10.3 Å². The third kappa shape index (κ3) is 4.47. The van der Waals surface area contributed by atoms with Crippen LogP contribution >= 0.6 is 11.3 Å². The Morgan fingerprint density at radius 2 is 2.20 bits per heavy atom. The van der Waals surface area contributed by atoms with Gasteiger partial charge in [0.15, 0.2) is 0 Å². The van der Waals surface area contributed by atoms with Gasteiger partial charge in [-0.05, 0) is 17.5 Å². The summed E-state index contributed by atoms with van der Waals surface area (Å²) in [4.78, 5) is 28.9. The number of ether oxygens (including phenoxy) is 2. The number of fused-ring (bicyclic) bond motifs is 1. The van der Waals surface area contributed by atoms with Gasteiger partial charge in [0.25, 0.3) is 5.56 Å². The van der Waals surface area contributed by atoms with Crippen molar-refractivity contribution < 1.29 is 14.3 Å². The van der Waals surface area contributed by atoms with Gasteiger partial charge < -0.3 is 14.0 Å². The average Bonchev–Trinajstić information content (AvgIpc) is 3.40. The molecule has 0 bridgehead atoms. The first kappa shape index (κ1) is 20.4. The predicted octanol–water partition coefficient (Wildman–Crippen LogP) is 2.10. The molecule has 158 valence electrons. The maximum Gasteiger partial charge on any atom is 0.343 e. The van der Waals surface area contributed by atoms with E-state index >= 15 is 0 Å². The Morgan fingerprint density at radius 1 is 1.30 bits per heavy atom. The fourth-order valence-electron chi connectivity index (χ4n) is 3.72. The monoisotopic (exact) mass is 428 g/mol. The molecular weight excluding hydrogens is 404 g/mol. The van der Waals surface area contributed by atoms with Gasteiger partial charge in [0, 0.05) is 67.5 Å². The number of thiophene rings is 1. The summed E-state index contributed by atoms with van der Waals surface area (Å²) in [5.41, 5.74) is 1.88. The number of aromatic nitrogens is 3. The van der Waals surface area contributed by atoms with Crippen molar-refractivity contribution in [2.24, 2.45) is 0 Å². The third-order valence-electron chi connectivity index (χ3n) is 5.21. The summed E-state index contributed by atoms with van der Waals surface area (Å²) < 4.78 is 12.6. The number of pyridine rings is 1. The van der Waals surface area contributed by atoms with Crippen molar-refractivity contribution in [3.05, 3.63) is 68.0 Å². The van der Waals surface area contributed by atoms with Crippen LogP contribution in [0.3, 0.4) is 0 Å². The van der Waals surface area contributed by atoms with Gasteiger partial charge in [0.1, 0.15) is 11.3 Å². The Kier molecular flexibility index (Phi) is 6.29. The van der Waals surface area contributed by atoms with Crippen molar-refractivity contribution in [2.45, 2.75) is 25.9 Å². The highest BCUT2D eigenvalue weighted by atomic mass is 32.1. The topological polar surface area (TPSA) is 89.4 Å². The summed E-state index contributed by atoms with van der Waals surface area (Å²) in [6, 6.07) is 7.37. The molecule has 0 fully saturated rings. The largest absolute Gasteiger partial charge is 0.492 e. The number of hydrogen-bond donors (Lipinski definition) is 1. The average molecular weight is 429 g/mol. The summed E-state index contributed by atoms with van der Waals surface area (Å²) in [6.07, 6.45) is 2.99. The molecule has 0 unspecified atom stereocenters. The normalized spacial score (nSPS) is 14.2. The minimum absolute atomic E-state index is 0.160. The summed E-state index contributed by atoms with van der Waals surface area (Å²) >= 11 is 1.65. The Hall–Kier alpha value is -2.91. The van der Waals surface area contributed by atoms with Crippen LogP contribution in [0.2, 0.25) is 0 Å². The van der Waals surface area contributed by atoms with E-state index in [2.05, 4.69) is 15.1 Å². The fourth-order valence-corrected chi connectivity index (χ4v) is 4.41. The van der Waals surface area contributed by atoms with Crippen molar-refractivity contribution in [3.63, 3.8) is 0 Å². The lowest BCUT2D eigenvalue weighted by atomic mass is 10.1. The van der Waals surface area contributed by atoms with E-state index in [4.69, 9.17) is 9.47 Å². The third-order valence-corrected chi connectivity index (χ3v) is 6.15. The molecular formula is C21H24N4O4S. The highest BCUT2D eigenvalue weighted by Crippen LogP contribution is 2.25. The highest BCUT2D eigenvalue weighted by Gasteiger charge is 2.26. The second-order valence-corrected chi connectivity index (χ2v) is 8.13. The van der Waals surface area contributed by atoms with E-state index in [9.17, 15) is 9.59 Å². The van der Waals surface area contributed by atoms with Crippen molar-refractivity contribution in [2.75, 3.05) is 26.8 Å². The first-order valence-corrected chi connectivity index (χ1v) is 10.7. The van der Waals surface area contributed by atoms with Crippen molar-refractivity contribution in [1.82, 2.24) is 19.7 Å². The molecule has 4 heterocycles. The second-order valence-electron chi connectivity index (χ2n) is 7.10. The van der Waals surface area contributed by atoms with E-state index in [0.717, 1.165) is 5.69 Å². The van der Waals surface area contributed by atoms with Gasteiger partial charge in [0.05, 0.1) is 13.7 Å². The van der Waals surface area contributed by atoms with Gasteiger partial charge in [-0.1, -0.05) is 6.07 Å². The zero-order valence-corrected chi connectivity index (χ0v) is 17.6. The zero-order chi connectivity index (χ0) is 20.9. The SMILES string of the molecule is COC(=O)c1c(OCCc2cccs2)cc(=O)n2c1CCN(Cc1ccn[nH]1)CC2. The lowest BCUT2D eigenvalue weighted by Crippen LogP contribution is -2.29. The molecule has 0 saturated carbocycles. The first-order chi connectivity index (χ1) is 14.7. The molecule has 30 heavy (non-hydrogen) atoms. The van der Waals surface area contributed by atoms with Gasteiger partial charge >= 0.3 is 5.97 Å². The van der Waals surface area contributed by atoms with Gasteiger partial charge in [0.2, 0.25) is 0 Å². The van der Waals surface area contributed by atoms with Crippen LogP contribution in [-0.2, 0) is 30.7 Å². The molecule has 3 aromatic heterocycles. The van der Waals surface area contributed by atoms with Gasteiger partial charge in [-0.2, -0.15) is 5.10 Å². The van der Waals surface area contributed by atoms with E-state index in [0.29, 0.717) is 62.6 Å². The van der Waals surface area contributed by atoms with E-state index < -0.39 is 5.97 Å². The molecule has 4 rings (SSSR count). The molecule has 1 aliphatic rings. The second kappa shape index (κ2) is 9.27. The predicted molar refractivity (Wildman–Crippen MR) is 113 cm³/mol. The first-order valence-electron chi connectivity index (χ1n) is 9.86. The number of aromatic amines is 1. The minimum Gasteiger partial charge on any atom is -0.492 e. The summed E-state index contributed by atoms with van der Waals surface area (Å²) in [5.74, 6) is -0.177. The standard InChI is InChI=1S/C21H24N4O4S/c1-28-21(27)20-17-5-8-24(14-15-4-7-22-23-15)9-10-25(17)19(26)13-18(20)29-11-6-16-3-2-12-30-16/h2-4,7,12-13H,5-6,8-11,14H2,1H3,(H,22,23). The van der Waals surface area contributed by atoms with Crippen LogP contribution in [0.5, 0.6) is 5.75 Å². The molecule has 0 aliphatic carbocycles. The zero-order valence-electron chi connectivity index (χ0n) is 16.8. The number of esters is 1. The van der Waals surface area contributed by atoms with E-state index in [1.54, 1.807) is 22.1 Å². The van der Waals surface area contributed by atoms with Crippen LogP contribution in [0.1, 0.15) is 26.6 Å². The number of rotatable bonds is 7. The Morgan fingerprint density at radius 3 is 2.93 bits per heavy atom. The molecule has 1 aliphatic heterocycles. The van der Waals surface area contributed by atoms with Gasteiger partial charge in [-0.25, -0.2) is 4.79 Å². The summed E-state index contributed by atoms with van der Waals surface area (Å²) in [6.45, 7) is 3.01.